The van der Waals surface area contributed by atoms with E-state index in [4.69, 9.17) is 21.1 Å². The number of rotatable bonds is 6. The lowest BCUT2D eigenvalue weighted by atomic mass is 10.1. The summed E-state index contributed by atoms with van der Waals surface area (Å²) in [5.41, 5.74) is -0.924. The number of benzene rings is 2. The molecule has 0 aliphatic carbocycles. The summed E-state index contributed by atoms with van der Waals surface area (Å²) in [5.74, 6) is -0.748. The van der Waals surface area contributed by atoms with Crippen molar-refractivity contribution in [1.29, 1.82) is 0 Å². The van der Waals surface area contributed by atoms with Gasteiger partial charge in [-0.25, -0.2) is 15.0 Å². The molecule has 0 fully saturated rings. The molecule has 39 heavy (non-hydrogen) atoms. The summed E-state index contributed by atoms with van der Waals surface area (Å²) in [7, 11) is 0. The zero-order chi connectivity index (χ0) is 27.8. The quantitative estimate of drug-likeness (QED) is 0.202. The molecule has 2 aromatic carbocycles. The molecule has 5 rings (SSSR count). The molecule has 0 aliphatic rings. The first-order valence-corrected chi connectivity index (χ1v) is 11.3. The predicted octanol–water partition coefficient (Wildman–Crippen LogP) is 7.25. The Kier molecular flexibility index (Phi) is 6.76. The van der Waals surface area contributed by atoms with Crippen LogP contribution in [0.25, 0.3) is 17.0 Å². The second kappa shape index (κ2) is 10.1. The van der Waals surface area contributed by atoms with E-state index in [1.54, 1.807) is 29.2 Å². The SMILES string of the molecule is FC(F)(F)c1cc(Oc2ccc(COc3ccn4c(-c5cncnc5)cnc4n3)cc2C(F)(F)F)ccc1Cl. The first-order chi connectivity index (χ1) is 18.5. The third-order valence-electron chi connectivity index (χ3n) is 5.42. The smallest absolute Gasteiger partial charge is 0.419 e. The van der Waals surface area contributed by atoms with Gasteiger partial charge in [-0.2, -0.15) is 31.3 Å². The van der Waals surface area contributed by atoms with E-state index in [0.29, 0.717) is 17.3 Å². The minimum absolute atomic E-state index is 0.110. The van der Waals surface area contributed by atoms with Gasteiger partial charge in [0.1, 0.15) is 24.4 Å². The lowest BCUT2D eigenvalue weighted by Gasteiger charge is -2.17. The molecular weight excluding hydrogens is 552 g/mol. The highest BCUT2D eigenvalue weighted by Gasteiger charge is 2.36. The van der Waals surface area contributed by atoms with Crippen LogP contribution in [-0.4, -0.2) is 24.3 Å². The number of aromatic nitrogens is 5. The summed E-state index contributed by atoms with van der Waals surface area (Å²) in [4.78, 5) is 16.4. The third-order valence-corrected chi connectivity index (χ3v) is 5.75. The van der Waals surface area contributed by atoms with Crippen LogP contribution in [0.5, 0.6) is 17.4 Å². The van der Waals surface area contributed by atoms with Crippen molar-refractivity contribution < 1.29 is 35.8 Å². The molecule has 0 atom stereocenters. The number of hydrogen-bond donors (Lipinski definition) is 0. The van der Waals surface area contributed by atoms with E-state index < -0.39 is 40.0 Å². The zero-order valence-corrected chi connectivity index (χ0v) is 20.1. The molecule has 14 heteroatoms. The van der Waals surface area contributed by atoms with Gasteiger partial charge in [0.2, 0.25) is 11.7 Å². The van der Waals surface area contributed by atoms with Gasteiger partial charge in [0.05, 0.1) is 28.0 Å². The Morgan fingerprint density at radius 2 is 1.59 bits per heavy atom. The average molecular weight is 566 g/mol. The maximum atomic E-state index is 13.8. The lowest BCUT2D eigenvalue weighted by molar-refractivity contribution is -0.139. The summed E-state index contributed by atoms with van der Waals surface area (Å²) < 4.78 is 93.2. The van der Waals surface area contributed by atoms with Gasteiger partial charge in [0.15, 0.2) is 0 Å². The highest BCUT2D eigenvalue weighted by molar-refractivity contribution is 6.31. The normalized spacial score (nSPS) is 12.1. The maximum absolute atomic E-state index is 13.8. The predicted molar refractivity (Wildman–Crippen MR) is 126 cm³/mol. The van der Waals surface area contributed by atoms with Gasteiger partial charge in [0, 0.05) is 30.2 Å². The standard InChI is InChI=1S/C25H14ClF6N5O2/c26-19-3-2-16(8-17(19)24(27,28)29)39-21-4-1-14(7-18(21)25(30,31)32)12-38-22-5-6-37-20(11-35-23(37)36-22)15-9-33-13-34-10-15/h1-11,13H,12H2. The number of hydrogen-bond acceptors (Lipinski definition) is 6. The van der Waals surface area contributed by atoms with E-state index >= 15 is 0 Å². The minimum Gasteiger partial charge on any atom is -0.473 e. The number of ether oxygens (including phenoxy) is 2. The molecule has 7 nitrogen and oxygen atoms in total. The molecule has 0 amide bonds. The Bertz CT molecular complexity index is 1640. The third kappa shape index (κ3) is 5.72. The molecule has 0 radical (unpaired) electrons. The van der Waals surface area contributed by atoms with Gasteiger partial charge in [-0.3, -0.25) is 4.40 Å². The van der Waals surface area contributed by atoms with E-state index in [0.717, 1.165) is 24.3 Å². The summed E-state index contributed by atoms with van der Waals surface area (Å²) in [6.45, 7) is -0.286. The van der Waals surface area contributed by atoms with Gasteiger partial charge < -0.3 is 9.47 Å². The highest BCUT2D eigenvalue weighted by Crippen LogP contribution is 2.41. The Morgan fingerprint density at radius 3 is 2.31 bits per heavy atom. The van der Waals surface area contributed by atoms with E-state index in [2.05, 4.69) is 19.9 Å². The molecule has 3 aromatic heterocycles. The summed E-state index contributed by atoms with van der Waals surface area (Å²) >= 11 is 5.57. The zero-order valence-electron chi connectivity index (χ0n) is 19.3. The molecule has 200 valence electrons. The fourth-order valence-electron chi connectivity index (χ4n) is 3.63. The Hall–Kier alpha value is -4.39. The second-order valence-electron chi connectivity index (χ2n) is 8.06. The Morgan fingerprint density at radius 1 is 0.846 bits per heavy atom. The number of nitrogens with zero attached hydrogens (tertiary/aromatic N) is 5. The van der Waals surface area contributed by atoms with E-state index in [1.165, 1.54) is 18.5 Å². The van der Waals surface area contributed by atoms with Crippen LogP contribution in [0, 0.1) is 0 Å². The molecule has 0 unspecified atom stereocenters. The summed E-state index contributed by atoms with van der Waals surface area (Å²) in [6, 6.07) is 7.08. The molecule has 0 N–H and O–H groups in total. The van der Waals surface area contributed by atoms with Crippen LogP contribution in [-0.2, 0) is 19.0 Å². The van der Waals surface area contributed by atoms with Crippen molar-refractivity contribution in [2.24, 2.45) is 0 Å². The molecule has 0 saturated carbocycles. The highest BCUT2D eigenvalue weighted by atomic mass is 35.5. The van der Waals surface area contributed by atoms with Crippen molar-refractivity contribution in [1.82, 2.24) is 24.3 Å². The fraction of sp³-hybridized carbons (Fsp3) is 0.120. The Balaban J connectivity index is 1.36. The molecule has 0 bridgehead atoms. The van der Waals surface area contributed by atoms with Crippen LogP contribution >= 0.6 is 11.6 Å². The van der Waals surface area contributed by atoms with Crippen LogP contribution in [0.1, 0.15) is 16.7 Å². The largest absolute Gasteiger partial charge is 0.473 e. The molecule has 5 aromatic rings. The van der Waals surface area contributed by atoms with Crippen molar-refractivity contribution in [3.63, 3.8) is 0 Å². The van der Waals surface area contributed by atoms with Crippen molar-refractivity contribution >= 4 is 17.4 Å². The lowest BCUT2D eigenvalue weighted by Crippen LogP contribution is -2.09. The van der Waals surface area contributed by atoms with Crippen LogP contribution in [0.4, 0.5) is 26.3 Å². The minimum atomic E-state index is -4.87. The first-order valence-electron chi connectivity index (χ1n) is 11.0. The first kappa shape index (κ1) is 26.2. The molecule has 3 heterocycles. The van der Waals surface area contributed by atoms with Gasteiger partial charge in [0.25, 0.3) is 0 Å². The van der Waals surface area contributed by atoms with Gasteiger partial charge >= 0.3 is 12.4 Å². The van der Waals surface area contributed by atoms with Gasteiger partial charge in [-0.15, -0.1) is 0 Å². The summed E-state index contributed by atoms with van der Waals surface area (Å²) in [6.07, 6.45) is -1.88. The van der Waals surface area contributed by atoms with Crippen molar-refractivity contribution in [2.45, 2.75) is 19.0 Å². The van der Waals surface area contributed by atoms with Gasteiger partial charge in [-0.1, -0.05) is 17.7 Å². The van der Waals surface area contributed by atoms with Crippen molar-refractivity contribution in [3.05, 3.63) is 95.3 Å². The molecule has 0 saturated heterocycles. The number of halogens is 7. The molecule has 0 aliphatic heterocycles. The summed E-state index contributed by atoms with van der Waals surface area (Å²) in [5, 5.41) is -0.606. The fourth-order valence-corrected chi connectivity index (χ4v) is 3.85. The molecule has 0 spiro atoms. The average Bonchev–Trinajstić information content (AvgIpc) is 3.32. The van der Waals surface area contributed by atoms with Crippen LogP contribution in [0.15, 0.2) is 73.6 Å². The van der Waals surface area contributed by atoms with Crippen molar-refractivity contribution in [2.75, 3.05) is 0 Å². The van der Waals surface area contributed by atoms with Crippen LogP contribution < -0.4 is 9.47 Å². The molecular formula is C25H14ClF6N5O2. The maximum Gasteiger partial charge on any atom is 0.419 e. The van der Waals surface area contributed by atoms with E-state index in [9.17, 15) is 26.3 Å². The van der Waals surface area contributed by atoms with Crippen molar-refractivity contribution in [3.8, 4) is 28.6 Å². The Labute approximate surface area is 220 Å². The number of imidazole rings is 1. The topological polar surface area (TPSA) is 74.4 Å². The van der Waals surface area contributed by atoms with Crippen LogP contribution in [0.2, 0.25) is 5.02 Å². The van der Waals surface area contributed by atoms with E-state index in [1.807, 2.05) is 0 Å². The van der Waals surface area contributed by atoms with Gasteiger partial charge in [-0.05, 0) is 35.9 Å². The number of alkyl halides is 6. The number of fused-ring (bicyclic) bond motifs is 1. The van der Waals surface area contributed by atoms with Crippen LogP contribution in [0.3, 0.4) is 0 Å². The second-order valence-corrected chi connectivity index (χ2v) is 8.47. The van der Waals surface area contributed by atoms with E-state index in [-0.39, 0.29) is 23.8 Å². The monoisotopic (exact) mass is 565 g/mol.